The molecular formula is C19H24N2O6. The van der Waals surface area contributed by atoms with Crippen molar-refractivity contribution in [3.8, 4) is 11.5 Å². The van der Waals surface area contributed by atoms with E-state index < -0.39 is 11.9 Å². The number of nitrogens with two attached hydrogens (primary N) is 2. The number of benzene rings is 2. The number of methoxy groups -OCH3 is 2. The van der Waals surface area contributed by atoms with Crippen molar-refractivity contribution in [3.63, 3.8) is 0 Å². The number of aromatic hydroxyl groups is 1. The fraction of sp³-hybridized carbons (Fsp3) is 0.263. The molecular weight excluding hydrogens is 352 g/mol. The minimum atomic E-state index is -0.495. The smallest absolute Gasteiger partial charge is 0.337 e. The second-order valence-corrected chi connectivity index (χ2v) is 5.68. The molecule has 2 rings (SSSR count). The molecule has 0 amide bonds. The van der Waals surface area contributed by atoms with Crippen LogP contribution in [0.3, 0.4) is 0 Å². The Labute approximate surface area is 157 Å². The molecule has 8 heteroatoms. The summed E-state index contributed by atoms with van der Waals surface area (Å²) in [4.78, 5) is 22.1. The van der Waals surface area contributed by atoms with Gasteiger partial charge in [-0.1, -0.05) is 0 Å². The van der Waals surface area contributed by atoms with Crippen molar-refractivity contribution in [3.05, 3.63) is 47.5 Å². The number of nitrogen functional groups attached to an aromatic ring is 2. The number of ether oxygens (including phenoxy) is 3. The lowest BCUT2D eigenvalue weighted by atomic mass is 10.2. The van der Waals surface area contributed by atoms with Crippen LogP contribution in [-0.4, -0.2) is 37.4 Å². The molecule has 0 radical (unpaired) electrons. The highest BCUT2D eigenvalue weighted by Gasteiger charge is 2.10. The molecule has 0 aliphatic carbocycles. The van der Waals surface area contributed by atoms with Gasteiger partial charge in [0.25, 0.3) is 0 Å². The summed E-state index contributed by atoms with van der Waals surface area (Å²) in [7, 11) is 2.61. The molecule has 0 fully saturated rings. The summed E-state index contributed by atoms with van der Waals surface area (Å²) in [5.41, 5.74) is 12.5. The quantitative estimate of drug-likeness (QED) is 0.421. The average Bonchev–Trinajstić information content (AvgIpc) is 2.64. The number of carbonyl (C=O) groups excluding carboxylic acids is 2. The van der Waals surface area contributed by atoms with Gasteiger partial charge in [-0.15, -0.1) is 0 Å². The van der Waals surface area contributed by atoms with Gasteiger partial charge in [0.05, 0.1) is 42.8 Å². The SMILES string of the molecule is COC(=O)c1ccc(N)c(O)c1.COC(=O)c1ccc(N)c(OC(C)C)c1. The van der Waals surface area contributed by atoms with Gasteiger partial charge in [-0.05, 0) is 50.2 Å². The highest BCUT2D eigenvalue weighted by atomic mass is 16.5. The zero-order valence-corrected chi connectivity index (χ0v) is 15.7. The standard InChI is InChI=1S/C11H15NO3.C8H9NO3/c1-7(2)15-10-6-8(11(13)14-3)4-5-9(10)12;1-12-8(11)5-2-3-6(9)7(10)4-5/h4-7H,12H2,1-3H3;2-4,10H,9H2,1H3. The molecule has 27 heavy (non-hydrogen) atoms. The number of phenols is 1. The third-order valence-electron chi connectivity index (χ3n) is 3.25. The molecule has 8 nitrogen and oxygen atoms in total. The third kappa shape index (κ3) is 6.43. The molecule has 0 spiro atoms. The van der Waals surface area contributed by atoms with Crippen LogP contribution in [0.15, 0.2) is 36.4 Å². The van der Waals surface area contributed by atoms with Crippen LogP contribution in [0.5, 0.6) is 11.5 Å². The highest BCUT2D eigenvalue weighted by molar-refractivity contribution is 5.91. The minimum absolute atomic E-state index is 0.0141. The molecule has 5 N–H and O–H groups in total. The van der Waals surface area contributed by atoms with E-state index in [1.807, 2.05) is 13.8 Å². The van der Waals surface area contributed by atoms with E-state index >= 15 is 0 Å². The largest absolute Gasteiger partial charge is 0.506 e. The van der Waals surface area contributed by atoms with Crippen molar-refractivity contribution in [2.45, 2.75) is 20.0 Å². The van der Waals surface area contributed by atoms with Crippen LogP contribution in [0.4, 0.5) is 11.4 Å². The lowest BCUT2D eigenvalue weighted by Gasteiger charge is -2.12. The first-order valence-electron chi connectivity index (χ1n) is 8.00. The number of hydrogen-bond acceptors (Lipinski definition) is 8. The topological polar surface area (TPSA) is 134 Å². The first kappa shape index (κ1) is 21.6. The number of hydrogen-bond donors (Lipinski definition) is 3. The Morgan fingerprint density at radius 3 is 1.81 bits per heavy atom. The van der Waals surface area contributed by atoms with E-state index in [9.17, 15) is 9.59 Å². The molecule has 0 aliphatic rings. The molecule has 0 heterocycles. The number of carbonyl (C=O) groups is 2. The number of anilines is 2. The number of esters is 2. The summed E-state index contributed by atoms with van der Waals surface area (Å²) in [5.74, 6) is -0.500. The van der Waals surface area contributed by atoms with Crippen molar-refractivity contribution >= 4 is 23.3 Å². The predicted octanol–water partition coefficient (Wildman–Crippen LogP) is 2.60. The van der Waals surface area contributed by atoms with Crippen molar-refractivity contribution in [2.24, 2.45) is 0 Å². The van der Waals surface area contributed by atoms with Crippen molar-refractivity contribution in [2.75, 3.05) is 25.7 Å². The van der Waals surface area contributed by atoms with Gasteiger partial charge in [0, 0.05) is 0 Å². The lowest BCUT2D eigenvalue weighted by Crippen LogP contribution is -2.09. The van der Waals surface area contributed by atoms with Crippen molar-refractivity contribution < 1.29 is 28.9 Å². The zero-order chi connectivity index (χ0) is 20.6. The Morgan fingerprint density at radius 1 is 0.889 bits per heavy atom. The van der Waals surface area contributed by atoms with Crippen LogP contribution in [0.2, 0.25) is 0 Å². The van der Waals surface area contributed by atoms with Gasteiger partial charge in [0.15, 0.2) is 0 Å². The zero-order valence-electron chi connectivity index (χ0n) is 15.7. The second kappa shape index (κ2) is 9.91. The first-order valence-corrected chi connectivity index (χ1v) is 8.00. The van der Waals surface area contributed by atoms with Gasteiger partial charge in [0.2, 0.25) is 0 Å². The Kier molecular flexibility index (Phi) is 7.93. The first-order chi connectivity index (χ1) is 12.7. The van der Waals surface area contributed by atoms with Crippen LogP contribution in [-0.2, 0) is 9.47 Å². The number of phenolic OH excluding ortho intramolecular Hbond substituents is 1. The molecule has 2 aromatic carbocycles. The summed E-state index contributed by atoms with van der Waals surface area (Å²) in [6, 6.07) is 9.02. The van der Waals surface area contributed by atoms with Crippen molar-refractivity contribution in [1.29, 1.82) is 0 Å². The maximum absolute atomic E-state index is 11.2. The van der Waals surface area contributed by atoms with E-state index in [0.717, 1.165) is 0 Å². The number of rotatable bonds is 4. The normalized spacial score (nSPS) is 9.81. The monoisotopic (exact) mass is 376 g/mol. The summed E-state index contributed by atoms with van der Waals surface area (Å²) in [6.45, 7) is 3.79. The average molecular weight is 376 g/mol. The van der Waals surface area contributed by atoms with Gasteiger partial charge >= 0.3 is 11.9 Å². The Bertz CT molecular complexity index is 805. The Morgan fingerprint density at radius 2 is 1.37 bits per heavy atom. The van der Waals surface area contributed by atoms with E-state index in [2.05, 4.69) is 9.47 Å². The molecule has 0 saturated heterocycles. The molecule has 0 saturated carbocycles. The van der Waals surface area contributed by atoms with E-state index in [0.29, 0.717) is 17.0 Å². The summed E-state index contributed by atoms with van der Waals surface area (Å²) in [5, 5.41) is 9.11. The second-order valence-electron chi connectivity index (χ2n) is 5.68. The van der Waals surface area contributed by atoms with E-state index in [1.54, 1.807) is 18.2 Å². The molecule has 0 aromatic heterocycles. The van der Waals surface area contributed by atoms with Crippen LogP contribution in [0, 0.1) is 0 Å². The minimum Gasteiger partial charge on any atom is -0.506 e. The fourth-order valence-electron chi connectivity index (χ4n) is 1.92. The van der Waals surface area contributed by atoms with Crippen LogP contribution in [0.25, 0.3) is 0 Å². The van der Waals surface area contributed by atoms with E-state index in [1.165, 1.54) is 32.4 Å². The van der Waals surface area contributed by atoms with Gasteiger partial charge in [-0.3, -0.25) is 0 Å². The molecule has 0 unspecified atom stereocenters. The molecule has 2 aromatic rings. The third-order valence-corrected chi connectivity index (χ3v) is 3.25. The molecule has 0 atom stereocenters. The highest BCUT2D eigenvalue weighted by Crippen LogP contribution is 2.24. The molecule has 0 aliphatic heterocycles. The summed E-state index contributed by atoms with van der Waals surface area (Å²) >= 11 is 0. The maximum atomic E-state index is 11.2. The predicted molar refractivity (Wildman–Crippen MR) is 102 cm³/mol. The molecule has 146 valence electrons. The van der Waals surface area contributed by atoms with Crippen LogP contribution < -0.4 is 16.2 Å². The Balaban J connectivity index is 0.000000277. The summed E-state index contributed by atoms with van der Waals surface area (Å²) < 4.78 is 14.5. The fourth-order valence-corrected chi connectivity index (χ4v) is 1.92. The summed E-state index contributed by atoms with van der Waals surface area (Å²) in [6.07, 6.45) is 0.0141. The van der Waals surface area contributed by atoms with Crippen LogP contribution in [0.1, 0.15) is 34.6 Å². The van der Waals surface area contributed by atoms with Gasteiger partial charge < -0.3 is 30.8 Å². The Hall–Kier alpha value is -3.42. The van der Waals surface area contributed by atoms with Gasteiger partial charge in [-0.2, -0.15) is 0 Å². The van der Waals surface area contributed by atoms with Crippen LogP contribution >= 0.6 is 0 Å². The van der Waals surface area contributed by atoms with Gasteiger partial charge in [0.1, 0.15) is 11.5 Å². The van der Waals surface area contributed by atoms with Gasteiger partial charge in [-0.25, -0.2) is 9.59 Å². The van der Waals surface area contributed by atoms with E-state index in [-0.39, 0.29) is 23.1 Å². The maximum Gasteiger partial charge on any atom is 0.337 e. The van der Waals surface area contributed by atoms with Crippen molar-refractivity contribution in [1.82, 2.24) is 0 Å². The lowest BCUT2D eigenvalue weighted by molar-refractivity contribution is 0.0591. The van der Waals surface area contributed by atoms with E-state index in [4.69, 9.17) is 21.3 Å². The molecule has 0 bridgehead atoms.